The molecule has 2 atom stereocenters. The third kappa shape index (κ3) is 6.37. The van der Waals surface area contributed by atoms with Gasteiger partial charge in [0.05, 0.1) is 5.56 Å². The molecule has 1 aromatic heterocycles. The molecule has 1 spiro atoms. The molecule has 2 aromatic carbocycles. The number of carboxylic acid groups (broad SMARTS) is 1. The van der Waals surface area contributed by atoms with E-state index in [-0.39, 0.29) is 28.3 Å². The third-order valence-corrected chi connectivity index (χ3v) is 7.79. The Labute approximate surface area is 236 Å². The maximum Gasteiger partial charge on any atom is 0.429 e. The zero-order valence-corrected chi connectivity index (χ0v) is 22.0. The highest BCUT2D eigenvalue weighted by molar-refractivity contribution is 5.74. The van der Waals surface area contributed by atoms with Gasteiger partial charge in [-0.05, 0) is 47.9 Å². The van der Waals surface area contributed by atoms with Gasteiger partial charge in [-0.3, -0.25) is 4.79 Å². The lowest BCUT2D eigenvalue weighted by Crippen LogP contribution is -2.41. The van der Waals surface area contributed by atoms with Crippen molar-refractivity contribution in [2.24, 2.45) is 5.41 Å². The maximum absolute atomic E-state index is 14.1. The molecule has 2 aliphatic rings. The van der Waals surface area contributed by atoms with Crippen LogP contribution in [0.5, 0.6) is 5.88 Å². The van der Waals surface area contributed by atoms with Gasteiger partial charge in [-0.1, -0.05) is 36.4 Å². The number of hydrogen-bond donors (Lipinski definition) is 3. The molecule has 8 nitrogen and oxygen atoms in total. The number of benzene rings is 2. The monoisotopic (exact) mass is 595 g/mol. The number of aliphatic carboxylic acids is 1. The molecule has 2 fully saturated rings. The van der Waals surface area contributed by atoms with Gasteiger partial charge in [0.1, 0.15) is 11.9 Å². The van der Waals surface area contributed by atoms with Crippen molar-refractivity contribution in [2.75, 3.05) is 30.3 Å². The molecule has 0 saturated carbocycles. The second-order valence-corrected chi connectivity index (χ2v) is 10.6. The van der Waals surface area contributed by atoms with Crippen LogP contribution in [0.4, 0.5) is 38.1 Å². The number of nitrogens with one attached hydrogen (secondary N) is 1. The molecule has 224 valence electrons. The lowest BCUT2D eigenvalue weighted by atomic mass is 9.76. The number of halogens is 6. The number of nitrogens with zero attached hydrogens (tertiary/aromatic N) is 3. The predicted octanol–water partition coefficient (Wildman–Crippen LogP) is 5.46. The van der Waals surface area contributed by atoms with E-state index >= 15 is 0 Å². The average molecular weight is 596 g/mol. The van der Waals surface area contributed by atoms with Crippen LogP contribution in [0.2, 0.25) is 0 Å². The van der Waals surface area contributed by atoms with E-state index in [1.54, 1.807) is 0 Å². The minimum absolute atomic E-state index is 0.181. The van der Waals surface area contributed by atoms with Crippen molar-refractivity contribution < 1.29 is 41.0 Å². The van der Waals surface area contributed by atoms with E-state index in [0.29, 0.717) is 44.5 Å². The first-order chi connectivity index (χ1) is 19.7. The second kappa shape index (κ2) is 11.0. The molecule has 14 heteroatoms. The predicted molar refractivity (Wildman–Crippen MR) is 141 cm³/mol. The Morgan fingerprint density at radius 2 is 1.71 bits per heavy atom. The Morgan fingerprint density at radius 1 is 1.02 bits per heavy atom. The largest absolute Gasteiger partial charge is 0.480 e. The quantitative estimate of drug-likeness (QED) is 0.322. The first-order valence-corrected chi connectivity index (χ1v) is 13.1. The second-order valence-electron chi connectivity index (χ2n) is 10.6. The highest BCUT2D eigenvalue weighted by Crippen LogP contribution is 2.42. The average Bonchev–Trinajstić information content (AvgIpc) is 3.35. The maximum atomic E-state index is 14.1. The Bertz CT molecular complexity index is 1440. The zero-order valence-electron chi connectivity index (χ0n) is 22.0. The van der Waals surface area contributed by atoms with Gasteiger partial charge in [-0.15, -0.1) is 0 Å². The van der Waals surface area contributed by atoms with E-state index in [4.69, 9.17) is 10.5 Å². The molecule has 0 radical (unpaired) electrons. The summed E-state index contributed by atoms with van der Waals surface area (Å²) in [5.41, 5.74) is 4.99. The van der Waals surface area contributed by atoms with Crippen molar-refractivity contribution >= 4 is 17.7 Å². The molecule has 3 heterocycles. The molecule has 2 saturated heterocycles. The van der Waals surface area contributed by atoms with Crippen LogP contribution in [0.3, 0.4) is 0 Å². The van der Waals surface area contributed by atoms with E-state index in [2.05, 4.69) is 15.3 Å². The van der Waals surface area contributed by atoms with Crippen molar-refractivity contribution in [3.8, 4) is 17.0 Å². The SMILES string of the molecule is Nc1nc(OC(c2ccc(-c3cccc(C(F)(F)F)c3)cc2)C(F)(F)F)cc(N2CCC3(CC2)CN[C@H](C(=O)O)C3)n1. The topological polar surface area (TPSA) is 114 Å². The van der Waals surface area contributed by atoms with Crippen molar-refractivity contribution in [1.82, 2.24) is 15.3 Å². The number of anilines is 2. The first-order valence-electron chi connectivity index (χ1n) is 13.1. The summed E-state index contributed by atoms with van der Waals surface area (Å²) in [6.07, 6.45) is -10.0. The van der Waals surface area contributed by atoms with E-state index in [9.17, 15) is 36.2 Å². The lowest BCUT2D eigenvalue weighted by molar-refractivity contribution is -0.198. The van der Waals surface area contributed by atoms with Crippen molar-refractivity contribution in [1.29, 1.82) is 0 Å². The van der Waals surface area contributed by atoms with Gasteiger partial charge < -0.3 is 25.8 Å². The van der Waals surface area contributed by atoms with Crippen LogP contribution in [0, 0.1) is 5.41 Å². The summed E-state index contributed by atoms with van der Waals surface area (Å²) in [5, 5.41) is 12.3. The highest BCUT2D eigenvalue weighted by atomic mass is 19.4. The van der Waals surface area contributed by atoms with Crippen molar-refractivity contribution in [3.05, 3.63) is 65.7 Å². The van der Waals surface area contributed by atoms with Crippen LogP contribution in [-0.2, 0) is 11.0 Å². The van der Waals surface area contributed by atoms with Gasteiger partial charge in [-0.25, -0.2) is 0 Å². The normalized spacial score (nSPS) is 19.6. The van der Waals surface area contributed by atoms with Gasteiger partial charge >= 0.3 is 18.3 Å². The molecule has 3 aromatic rings. The summed E-state index contributed by atoms with van der Waals surface area (Å²) in [6, 6.07) is 10.0. The van der Waals surface area contributed by atoms with Crippen molar-refractivity contribution in [3.63, 3.8) is 0 Å². The molecule has 1 unspecified atom stereocenters. The number of hydrogen-bond acceptors (Lipinski definition) is 7. The smallest absolute Gasteiger partial charge is 0.429 e. The zero-order chi connectivity index (χ0) is 30.3. The van der Waals surface area contributed by atoms with Gasteiger partial charge in [-0.2, -0.15) is 36.3 Å². The fourth-order valence-electron chi connectivity index (χ4n) is 5.51. The number of piperidine rings is 1. The number of ether oxygens (including phenoxy) is 1. The minimum Gasteiger partial charge on any atom is -0.480 e. The summed E-state index contributed by atoms with van der Waals surface area (Å²) in [5.74, 6) is -1.29. The highest BCUT2D eigenvalue weighted by Gasteiger charge is 2.45. The molecule has 5 rings (SSSR count). The first kappa shape index (κ1) is 29.4. The lowest BCUT2D eigenvalue weighted by Gasteiger charge is -2.39. The Morgan fingerprint density at radius 3 is 2.31 bits per heavy atom. The van der Waals surface area contributed by atoms with Gasteiger partial charge in [0.25, 0.3) is 0 Å². The van der Waals surface area contributed by atoms with Crippen LogP contribution < -0.4 is 20.7 Å². The number of alkyl halides is 6. The minimum atomic E-state index is -4.86. The van der Waals surface area contributed by atoms with Gasteiger partial charge in [0.2, 0.25) is 17.9 Å². The molecule has 0 aliphatic carbocycles. The molecule has 42 heavy (non-hydrogen) atoms. The molecular formula is C28H27F6N5O3. The number of aromatic nitrogens is 2. The summed E-state index contributed by atoms with van der Waals surface area (Å²) in [6.45, 7) is 1.55. The summed E-state index contributed by atoms with van der Waals surface area (Å²) < 4.78 is 87.0. The fourth-order valence-corrected chi connectivity index (χ4v) is 5.51. The third-order valence-electron chi connectivity index (χ3n) is 7.79. The Hall–Kier alpha value is -4.07. The van der Waals surface area contributed by atoms with E-state index in [1.165, 1.54) is 30.3 Å². The van der Waals surface area contributed by atoms with Crippen molar-refractivity contribution in [2.45, 2.75) is 43.8 Å². The number of nitrogen functional groups attached to an aromatic ring is 1. The van der Waals surface area contributed by atoms with E-state index < -0.39 is 41.9 Å². The van der Waals surface area contributed by atoms with Crippen LogP contribution >= 0.6 is 0 Å². The number of nitrogens with two attached hydrogens (primary N) is 1. The van der Waals surface area contributed by atoms with Crippen LogP contribution in [0.25, 0.3) is 11.1 Å². The molecule has 4 N–H and O–H groups in total. The summed E-state index contributed by atoms with van der Waals surface area (Å²) >= 11 is 0. The standard InChI is InChI=1S/C28H27F6N5O3/c29-27(30,31)19-3-1-2-18(12-19)16-4-6-17(7-5-16)23(28(32,33)34)42-22-13-21(37-25(35)38-22)39-10-8-26(9-11-39)14-20(24(40)41)36-15-26/h1-7,12-13,20,23,36H,8-11,14-15H2,(H,40,41)(H2,35,37,38)/t20-,23?/m0/s1. The number of carboxylic acids is 1. The van der Waals surface area contributed by atoms with E-state index in [0.717, 1.165) is 24.3 Å². The molecular weight excluding hydrogens is 568 g/mol. The van der Waals surface area contributed by atoms with Gasteiger partial charge in [0, 0.05) is 31.3 Å². The molecule has 0 bridgehead atoms. The van der Waals surface area contributed by atoms with Gasteiger partial charge in [0.15, 0.2) is 0 Å². The van der Waals surface area contributed by atoms with Crippen LogP contribution in [0.1, 0.15) is 36.5 Å². The Kier molecular flexibility index (Phi) is 7.68. The van der Waals surface area contributed by atoms with Crippen LogP contribution in [0.15, 0.2) is 54.6 Å². The summed E-state index contributed by atoms with van der Waals surface area (Å²) in [7, 11) is 0. The van der Waals surface area contributed by atoms with E-state index in [1.807, 2.05) is 4.90 Å². The molecule has 2 aliphatic heterocycles. The summed E-state index contributed by atoms with van der Waals surface area (Å²) in [4.78, 5) is 21.2. The molecule has 0 amide bonds. The number of rotatable bonds is 6. The van der Waals surface area contributed by atoms with Crippen LogP contribution in [-0.4, -0.2) is 52.9 Å². The fraction of sp³-hybridized carbons (Fsp3) is 0.393. The Balaban J connectivity index is 1.33. The number of carbonyl (C=O) groups is 1.